The van der Waals surface area contributed by atoms with E-state index in [4.69, 9.17) is 5.11 Å². The summed E-state index contributed by atoms with van der Waals surface area (Å²) >= 11 is 0. The number of allylic oxidation sites excluding steroid dienone is 7. The van der Waals surface area contributed by atoms with E-state index in [1.807, 2.05) is 24.3 Å². The molecule has 0 bridgehead atoms. The Morgan fingerprint density at radius 1 is 1.53 bits per heavy atom. The van der Waals surface area contributed by atoms with Gasteiger partial charge in [-0.05, 0) is 18.4 Å². The van der Waals surface area contributed by atoms with Crippen LogP contribution >= 0.6 is 0 Å². The maximum Gasteiger partial charge on any atom is 0.303 e. The highest BCUT2D eigenvalue weighted by molar-refractivity contribution is 5.66. The summed E-state index contributed by atoms with van der Waals surface area (Å²) in [5.41, 5.74) is 1.18. The highest BCUT2D eigenvalue weighted by Crippen LogP contribution is 2.15. The van der Waals surface area contributed by atoms with Crippen molar-refractivity contribution in [1.82, 2.24) is 0 Å². The minimum Gasteiger partial charge on any atom is -0.481 e. The van der Waals surface area contributed by atoms with Crippen LogP contribution in [0.2, 0.25) is 0 Å². The summed E-state index contributed by atoms with van der Waals surface area (Å²) in [6.45, 7) is 3.73. The van der Waals surface area contributed by atoms with Crippen molar-refractivity contribution in [2.24, 2.45) is 5.92 Å². The average molecular weight is 204 g/mol. The lowest BCUT2D eigenvalue weighted by Gasteiger charge is -1.99. The summed E-state index contributed by atoms with van der Waals surface area (Å²) in [5, 5.41) is 8.51. The number of hydrogen-bond donors (Lipinski definition) is 1. The predicted molar refractivity (Wildman–Crippen MR) is 61.5 cm³/mol. The molecule has 15 heavy (non-hydrogen) atoms. The zero-order valence-corrected chi connectivity index (χ0v) is 8.73. The zero-order chi connectivity index (χ0) is 11.1. The van der Waals surface area contributed by atoms with E-state index in [9.17, 15) is 4.79 Å². The average Bonchev–Trinajstić information content (AvgIpc) is 2.42. The summed E-state index contributed by atoms with van der Waals surface area (Å²) in [5.74, 6) is -0.439. The van der Waals surface area contributed by atoms with Gasteiger partial charge in [-0.1, -0.05) is 36.5 Å². The Kier molecular flexibility index (Phi) is 4.61. The summed E-state index contributed by atoms with van der Waals surface area (Å²) in [6, 6.07) is 0. The number of carboxylic acids is 1. The molecule has 0 aromatic rings. The molecule has 0 radical (unpaired) electrons. The third kappa shape index (κ3) is 4.45. The Balaban J connectivity index is 2.43. The molecule has 1 rings (SSSR count). The maximum atomic E-state index is 10.3. The van der Waals surface area contributed by atoms with E-state index in [0.29, 0.717) is 12.3 Å². The molecule has 0 aromatic carbocycles. The second kappa shape index (κ2) is 6.02. The number of aliphatic carboxylic acids is 1. The first-order chi connectivity index (χ1) is 7.22. The molecule has 0 saturated heterocycles. The molecular weight excluding hydrogens is 188 g/mol. The van der Waals surface area contributed by atoms with Crippen LogP contribution < -0.4 is 0 Å². The molecule has 0 spiro atoms. The summed E-state index contributed by atoms with van der Waals surface area (Å²) < 4.78 is 0. The van der Waals surface area contributed by atoms with Crippen LogP contribution in [0, 0.1) is 5.92 Å². The number of rotatable bonds is 5. The molecule has 80 valence electrons. The van der Waals surface area contributed by atoms with Gasteiger partial charge in [-0.25, -0.2) is 0 Å². The van der Waals surface area contributed by atoms with Crippen LogP contribution in [0.1, 0.15) is 19.3 Å². The zero-order valence-electron chi connectivity index (χ0n) is 8.73. The molecular formula is C13H16O2. The SMILES string of the molecule is C=CC1C=CC=C(CCCC(=O)O)C=C1. The van der Waals surface area contributed by atoms with Gasteiger partial charge in [0, 0.05) is 12.3 Å². The molecule has 0 saturated carbocycles. The molecule has 0 fully saturated rings. The lowest BCUT2D eigenvalue weighted by molar-refractivity contribution is -0.137. The standard InChI is InChI=1S/C13H16O2/c1-2-11-5-3-6-12(10-9-11)7-4-8-13(14)15/h2-3,5-6,9-11H,1,4,7-8H2,(H,14,15). The van der Waals surface area contributed by atoms with Crippen molar-refractivity contribution in [3.05, 3.63) is 48.6 Å². The van der Waals surface area contributed by atoms with E-state index >= 15 is 0 Å². The van der Waals surface area contributed by atoms with Gasteiger partial charge in [0.05, 0.1) is 0 Å². The largest absolute Gasteiger partial charge is 0.481 e. The highest BCUT2D eigenvalue weighted by atomic mass is 16.4. The van der Waals surface area contributed by atoms with Crippen LogP contribution in [0.15, 0.2) is 48.6 Å². The van der Waals surface area contributed by atoms with Crippen molar-refractivity contribution in [2.45, 2.75) is 19.3 Å². The van der Waals surface area contributed by atoms with Crippen LogP contribution in [0.4, 0.5) is 0 Å². The van der Waals surface area contributed by atoms with E-state index in [1.165, 1.54) is 5.57 Å². The minimum atomic E-state index is -0.729. The number of carbonyl (C=O) groups is 1. The predicted octanol–water partition coefficient (Wildman–Crippen LogP) is 3.10. The number of carboxylic acid groups (broad SMARTS) is 1. The molecule has 2 nitrogen and oxygen atoms in total. The minimum absolute atomic E-state index is 0.236. The third-order valence-corrected chi connectivity index (χ3v) is 2.30. The molecule has 0 aromatic heterocycles. The molecule has 0 heterocycles. The fourth-order valence-electron chi connectivity index (χ4n) is 1.43. The van der Waals surface area contributed by atoms with Crippen LogP contribution in [0.3, 0.4) is 0 Å². The molecule has 0 aliphatic heterocycles. The first-order valence-electron chi connectivity index (χ1n) is 5.12. The summed E-state index contributed by atoms with van der Waals surface area (Å²) in [6.07, 6.45) is 13.8. The van der Waals surface area contributed by atoms with Gasteiger partial charge in [0.15, 0.2) is 0 Å². The lowest BCUT2D eigenvalue weighted by atomic mass is 10.1. The van der Waals surface area contributed by atoms with E-state index in [2.05, 4.69) is 18.7 Å². The van der Waals surface area contributed by atoms with Gasteiger partial charge < -0.3 is 5.11 Å². The second-order valence-corrected chi connectivity index (χ2v) is 3.55. The van der Waals surface area contributed by atoms with Crippen molar-refractivity contribution in [3.8, 4) is 0 Å². The molecule has 2 heteroatoms. The van der Waals surface area contributed by atoms with Crippen molar-refractivity contribution >= 4 is 5.97 Å². The Bertz CT molecular complexity index is 321. The van der Waals surface area contributed by atoms with Crippen LogP contribution in [-0.4, -0.2) is 11.1 Å². The van der Waals surface area contributed by atoms with Crippen molar-refractivity contribution < 1.29 is 9.90 Å². The molecule has 1 aliphatic rings. The van der Waals surface area contributed by atoms with E-state index in [0.717, 1.165) is 6.42 Å². The van der Waals surface area contributed by atoms with Crippen LogP contribution in [0.25, 0.3) is 0 Å². The molecule has 0 amide bonds. The maximum absolute atomic E-state index is 10.3. The van der Waals surface area contributed by atoms with Crippen molar-refractivity contribution in [1.29, 1.82) is 0 Å². The van der Waals surface area contributed by atoms with E-state index in [-0.39, 0.29) is 6.42 Å². The molecule has 1 unspecified atom stereocenters. The van der Waals surface area contributed by atoms with E-state index in [1.54, 1.807) is 0 Å². The summed E-state index contributed by atoms with van der Waals surface area (Å²) in [7, 11) is 0. The van der Waals surface area contributed by atoms with Crippen LogP contribution in [-0.2, 0) is 4.79 Å². The van der Waals surface area contributed by atoms with Crippen molar-refractivity contribution in [2.75, 3.05) is 0 Å². The smallest absolute Gasteiger partial charge is 0.303 e. The Labute approximate surface area is 90.3 Å². The Morgan fingerprint density at radius 2 is 2.33 bits per heavy atom. The van der Waals surface area contributed by atoms with Gasteiger partial charge in [-0.15, -0.1) is 6.58 Å². The fraction of sp³-hybridized carbons (Fsp3) is 0.308. The highest BCUT2D eigenvalue weighted by Gasteiger charge is 2.01. The van der Waals surface area contributed by atoms with Gasteiger partial charge in [0.1, 0.15) is 0 Å². The van der Waals surface area contributed by atoms with Gasteiger partial charge in [0.25, 0.3) is 0 Å². The van der Waals surface area contributed by atoms with E-state index < -0.39 is 5.97 Å². The Morgan fingerprint density at radius 3 is 3.00 bits per heavy atom. The Hall–Kier alpha value is -1.57. The molecule has 1 N–H and O–H groups in total. The second-order valence-electron chi connectivity index (χ2n) is 3.55. The normalized spacial score (nSPS) is 19.5. The van der Waals surface area contributed by atoms with Gasteiger partial charge >= 0.3 is 5.97 Å². The quantitative estimate of drug-likeness (QED) is 0.699. The van der Waals surface area contributed by atoms with Gasteiger partial charge in [0.2, 0.25) is 0 Å². The third-order valence-electron chi connectivity index (χ3n) is 2.30. The van der Waals surface area contributed by atoms with Gasteiger partial charge in [-0.3, -0.25) is 4.79 Å². The summed E-state index contributed by atoms with van der Waals surface area (Å²) in [4.78, 5) is 10.3. The molecule has 1 atom stereocenters. The fourth-order valence-corrected chi connectivity index (χ4v) is 1.43. The molecule has 1 aliphatic carbocycles. The van der Waals surface area contributed by atoms with Crippen LogP contribution in [0.5, 0.6) is 0 Å². The van der Waals surface area contributed by atoms with Crippen molar-refractivity contribution in [3.63, 3.8) is 0 Å². The first kappa shape index (κ1) is 11.5. The first-order valence-corrected chi connectivity index (χ1v) is 5.12. The topological polar surface area (TPSA) is 37.3 Å². The van der Waals surface area contributed by atoms with Gasteiger partial charge in [-0.2, -0.15) is 0 Å². The lowest BCUT2D eigenvalue weighted by Crippen LogP contribution is -1.94. The number of hydrogen-bond acceptors (Lipinski definition) is 1. The monoisotopic (exact) mass is 204 g/mol.